The van der Waals surface area contributed by atoms with Crippen molar-refractivity contribution in [2.45, 2.75) is 63.8 Å². The molecule has 1 aromatic carbocycles. The summed E-state index contributed by atoms with van der Waals surface area (Å²) in [5.74, 6) is 1.36. The van der Waals surface area contributed by atoms with Crippen molar-refractivity contribution in [2.24, 2.45) is 0 Å². The van der Waals surface area contributed by atoms with E-state index in [9.17, 15) is 4.79 Å². The Morgan fingerprint density at radius 2 is 2.08 bits per heavy atom. The minimum atomic E-state index is -0.0576. The van der Waals surface area contributed by atoms with Crippen LogP contribution in [0.25, 0.3) is 0 Å². The number of benzene rings is 1. The van der Waals surface area contributed by atoms with Crippen molar-refractivity contribution < 1.29 is 9.32 Å². The highest BCUT2D eigenvalue weighted by molar-refractivity contribution is 5.85. The minimum absolute atomic E-state index is 0.0490. The van der Waals surface area contributed by atoms with Crippen LogP contribution in [0.1, 0.15) is 74.3 Å². The zero-order chi connectivity index (χ0) is 17.6. The topological polar surface area (TPSA) is 59.2 Å². The maximum atomic E-state index is 13.4. The van der Waals surface area contributed by atoms with E-state index in [0.717, 1.165) is 32.2 Å². The Bertz CT molecular complexity index is 796. The third-order valence-corrected chi connectivity index (χ3v) is 5.80. The van der Waals surface area contributed by atoms with Crippen LogP contribution in [0.2, 0.25) is 0 Å². The van der Waals surface area contributed by atoms with E-state index in [2.05, 4.69) is 42.2 Å². The molecule has 2 heterocycles. The van der Waals surface area contributed by atoms with Crippen LogP contribution in [0.4, 0.5) is 0 Å². The Balaban J connectivity index is 1.65. The molecule has 0 spiro atoms. The predicted molar refractivity (Wildman–Crippen MR) is 94.2 cm³/mol. The fourth-order valence-electron chi connectivity index (χ4n) is 4.42. The lowest BCUT2D eigenvalue weighted by Gasteiger charge is -2.38. The van der Waals surface area contributed by atoms with Crippen LogP contribution < -0.4 is 0 Å². The zero-order valence-corrected chi connectivity index (χ0v) is 15.2. The van der Waals surface area contributed by atoms with E-state index in [4.69, 9.17) is 4.52 Å². The molecule has 5 nitrogen and oxygen atoms in total. The average Bonchev–Trinajstić information content (AvgIpc) is 3.23. The van der Waals surface area contributed by atoms with Crippen molar-refractivity contribution in [2.75, 3.05) is 6.54 Å². The Morgan fingerprint density at radius 3 is 2.84 bits per heavy atom. The predicted octanol–water partition coefficient (Wildman–Crippen LogP) is 3.90. The van der Waals surface area contributed by atoms with E-state index < -0.39 is 0 Å². The van der Waals surface area contributed by atoms with Crippen LogP contribution >= 0.6 is 0 Å². The molecule has 1 fully saturated rings. The average molecular weight is 339 g/mol. The Labute approximate surface area is 148 Å². The van der Waals surface area contributed by atoms with Gasteiger partial charge in [0.2, 0.25) is 11.8 Å². The second kappa shape index (κ2) is 5.97. The molecule has 0 saturated carbocycles. The summed E-state index contributed by atoms with van der Waals surface area (Å²) in [7, 11) is 0. The smallest absolute Gasteiger partial charge is 0.230 e. The normalized spacial score (nSPS) is 25.0. The van der Waals surface area contributed by atoms with Gasteiger partial charge < -0.3 is 9.42 Å². The molecule has 1 aliphatic heterocycles. The highest BCUT2D eigenvalue weighted by atomic mass is 16.5. The third-order valence-electron chi connectivity index (χ3n) is 5.80. The van der Waals surface area contributed by atoms with Gasteiger partial charge in [0.15, 0.2) is 5.82 Å². The van der Waals surface area contributed by atoms with Gasteiger partial charge in [-0.25, -0.2) is 0 Å². The van der Waals surface area contributed by atoms with Crippen LogP contribution in [0.15, 0.2) is 28.8 Å². The fourth-order valence-corrected chi connectivity index (χ4v) is 4.42. The van der Waals surface area contributed by atoms with E-state index in [1.165, 1.54) is 11.1 Å². The quantitative estimate of drug-likeness (QED) is 0.833. The lowest BCUT2D eigenvalue weighted by atomic mass is 9.68. The van der Waals surface area contributed by atoms with Gasteiger partial charge in [0.25, 0.3) is 0 Å². The first-order valence-electron chi connectivity index (χ1n) is 9.17. The second-order valence-electron chi connectivity index (χ2n) is 7.92. The maximum absolute atomic E-state index is 13.4. The molecule has 1 aromatic heterocycles. The highest BCUT2D eigenvalue weighted by Gasteiger charge is 2.41. The van der Waals surface area contributed by atoms with E-state index in [1.54, 1.807) is 6.92 Å². The van der Waals surface area contributed by atoms with Crippen molar-refractivity contribution in [3.63, 3.8) is 0 Å². The van der Waals surface area contributed by atoms with E-state index in [1.807, 2.05) is 11.0 Å². The Hall–Kier alpha value is -2.17. The van der Waals surface area contributed by atoms with Crippen LogP contribution in [0.3, 0.4) is 0 Å². The highest BCUT2D eigenvalue weighted by Crippen LogP contribution is 2.44. The Morgan fingerprint density at radius 1 is 1.28 bits per heavy atom. The van der Waals surface area contributed by atoms with E-state index >= 15 is 0 Å². The third kappa shape index (κ3) is 2.75. The number of hydrogen-bond donors (Lipinski definition) is 0. The van der Waals surface area contributed by atoms with E-state index in [-0.39, 0.29) is 23.3 Å². The molecule has 0 bridgehead atoms. The molecule has 25 heavy (non-hydrogen) atoms. The Kier molecular flexibility index (Phi) is 3.89. The molecule has 2 atom stereocenters. The van der Waals surface area contributed by atoms with Crippen molar-refractivity contribution >= 4 is 5.91 Å². The number of fused-ring (bicyclic) bond motifs is 1. The minimum Gasteiger partial charge on any atom is -0.340 e. The molecule has 0 radical (unpaired) electrons. The van der Waals surface area contributed by atoms with Crippen LogP contribution in [-0.4, -0.2) is 27.5 Å². The summed E-state index contributed by atoms with van der Waals surface area (Å²) in [6.45, 7) is 7.11. The van der Waals surface area contributed by atoms with Crippen LogP contribution in [0.5, 0.6) is 0 Å². The van der Waals surface area contributed by atoms with Gasteiger partial charge in [-0.1, -0.05) is 43.3 Å². The standard InChI is InChI=1S/C20H25N3O2/c1-13-21-18(22-25-13)17-9-6-12-23(17)19(24)15-10-11-20(2,3)16-8-5-4-7-14(15)16/h4-5,7-8,15,17H,6,9-12H2,1-3H3/t15-,17+/m0/s1. The largest absolute Gasteiger partial charge is 0.340 e. The number of hydrogen-bond acceptors (Lipinski definition) is 4. The maximum Gasteiger partial charge on any atom is 0.230 e. The monoisotopic (exact) mass is 339 g/mol. The molecule has 2 aliphatic rings. The van der Waals surface area contributed by atoms with Gasteiger partial charge in [-0.3, -0.25) is 4.79 Å². The number of aryl methyl sites for hydroxylation is 1. The number of carbonyl (C=O) groups excluding carboxylic acids is 1. The first kappa shape index (κ1) is 16.3. The summed E-state index contributed by atoms with van der Waals surface area (Å²) in [4.78, 5) is 19.7. The number of rotatable bonds is 2. The molecular formula is C20H25N3O2. The summed E-state index contributed by atoms with van der Waals surface area (Å²) >= 11 is 0. The number of nitrogens with zero attached hydrogens (tertiary/aromatic N) is 3. The molecule has 132 valence electrons. The molecule has 0 N–H and O–H groups in total. The second-order valence-corrected chi connectivity index (χ2v) is 7.92. The molecule has 0 unspecified atom stereocenters. The molecular weight excluding hydrogens is 314 g/mol. The van der Waals surface area contributed by atoms with Gasteiger partial charge in [-0.05, 0) is 42.2 Å². The zero-order valence-electron chi connectivity index (χ0n) is 15.2. The summed E-state index contributed by atoms with van der Waals surface area (Å²) in [6, 6.07) is 8.38. The fraction of sp³-hybridized carbons (Fsp3) is 0.550. The summed E-state index contributed by atoms with van der Waals surface area (Å²) in [6.07, 6.45) is 3.83. The van der Waals surface area contributed by atoms with Crippen molar-refractivity contribution in [3.05, 3.63) is 47.1 Å². The summed E-state index contributed by atoms with van der Waals surface area (Å²) in [5, 5.41) is 4.06. The van der Waals surface area contributed by atoms with Crippen molar-refractivity contribution in [1.82, 2.24) is 15.0 Å². The van der Waals surface area contributed by atoms with Gasteiger partial charge in [0.05, 0.1) is 12.0 Å². The van der Waals surface area contributed by atoms with E-state index in [0.29, 0.717) is 11.7 Å². The van der Waals surface area contributed by atoms with Crippen molar-refractivity contribution in [3.8, 4) is 0 Å². The summed E-state index contributed by atoms with van der Waals surface area (Å²) in [5.41, 5.74) is 2.63. The molecule has 1 aliphatic carbocycles. The summed E-state index contributed by atoms with van der Waals surface area (Å²) < 4.78 is 5.13. The first-order chi connectivity index (χ1) is 12.0. The molecule has 5 heteroatoms. The van der Waals surface area contributed by atoms with Gasteiger partial charge in [-0.2, -0.15) is 4.98 Å². The first-order valence-corrected chi connectivity index (χ1v) is 9.17. The van der Waals surface area contributed by atoms with Crippen LogP contribution in [0, 0.1) is 6.92 Å². The molecule has 4 rings (SSSR count). The van der Waals surface area contributed by atoms with Crippen LogP contribution in [-0.2, 0) is 10.2 Å². The van der Waals surface area contributed by atoms with Gasteiger partial charge in [0, 0.05) is 13.5 Å². The lowest BCUT2D eigenvalue weighted by Crippen LogP contribution is -2.38. The molecule has 1 amide bonds. The van der Waals surface area contributed by atoms with Gasteiger partial charge in [-0.15, -0.1) is 0 Å². The van der Waals surface area contributed by atoms with Gasteiger partial charge >= 0.3 is 0 Å². The van der Waals surface area contributed by atoms with Crippen molar-refractivity contribution in [1.29, 1.82) is 0 Å². The van der Waals surface area contributed by atoms with Gasteiger partial charge in [0.1, 0.15) is 0 Å². The molecule has 2 aromatic rings. The number of aromatic nitrogens is 2. The number of amides is 1. The number of carbonyl (C=O) groups is 1. The SMILES string of the molecule is Cc1nc([C@H]2CCCN2C(=O)[C@H]2CCC(C)(C)c3ccccc32)no1. The number of likely N-dealkylation sites (tertiary alicyclic amines) is 1. The molecule has 1 saturated heterocycles. The lowest BCUT2D eigenvalue weighted by molar-refractivity contribution is -0.134.